The van der Waals surface area contributed by atoms with Crippen LogP contribution in [0.4, 0.5) is 0 Å². The number of pyridine rings is 1. The van der Waals surface area contributed by atoms with Crippen LogP contribution in [0.2, 0.25) is 0 Å². The Bertz CT molecular complexity index is 2440. The Kier molecular flexibility index (Phi) is 4.27. The van der Waals surface area contributed by atoms with Gasteiger partial charge in [-0.2, -0.15) is 0 Å². The van der Waals surface area contributed by atoms with Crippen molar-refractivity contribution in [3.63, 3.8) is 0 Å². The molecule has 9 aromatic rings. The van der Waals surface area contributed by atoms with E-state index in [4.69, 9.17) is 14.4 Å². The second-order valence-corrected chi connectivity index (χ2v) is 10.1. The van der Waals surface area contributed by atoms with Gasteiger partial charge in [0, 0.05) is 44.9 Å². The molecule has 0 N–H and O–H groups in total. The maximum Gasteiger partial charge on any atom is 0.235 e. The summed E-state index contributed by atoms with van der Waals surface area (Å²) in [7, 11) is 0. The van der Waals surface area contributed by atoms with E-state index in [0.29, 0.717) is 5.95 Å². The first kappa shape index (κ1) is 21.4. The van der Waals surface area contributed by atoms with Crippen LogP contribution in [0.3, 0.4) is 0 Å². The Morgan fingerprint density at radius 3 is 2.23 bits per heavy atom. The molecule has 0 spiro atoms. The molecule has 5 aromatic carbocycles. The molecule has 9 rings (SSSR count). The lowest BCUT2D eigenvalue weighted by Gasteiger charge is -2.12. The van der Waals surface area contributed by atoms with Crippen LogP contribution in [0, 0.1) is 0 Å². The molecule has 4 aromatic heterocycles. The fourth-order valence-corrected chi connectivity index (χ4v) is 6.20. The molecule has 0 saturated carbocycles. The van der Waals surface area contributed by atoms with Crippen molar-refractivity contribution in [2.75, 3.05) is 0 Å². The summed E-state index contributed by atoms with van der Waals surface area (Å²) in [5, 5.41) is 7.49. The van der Waals surface area contributed by atoms with Crippen LogP contribution in [0.25, 0.3) is 82.6 Å². The second kappa shape index (κ2) is 7.98. The van der Waals surface area contributed by atoms with Gasteiger partial charge in [0.1, 0.15) is 11.2 Å². The smallest absolute Gasteiger partial charge is 0.235 e. The molecule has 5 nitrogen and oxygen atoms in total. The summed E-state index contributed by atoms with van der Waals surface area (Å²) in [6.07, 6.45) is 3.76. The van der Waals surface area contributed by atoms with Crippen LogP contribution in [-0.4, -0.2) is 19.5 Å². The summed E-state index contributed by atoms with van der Waals surface area (Å²) in [6, 6.07) is 37.4. The number of aromatic nitrogens is 4. The van der Waals surface area contributed by atoms with Gasteiger partial charge in [-0.1, -0.05) is 84.9 Å². The quantitative estimate of drug-likeness (QED) is 0.232. The van der Waals surface area contributed by atoms with Gasteiger partial charge in [0.2, 0.25) is 5.95 Å². The van der Waals surface area contributed by atoms with E-state index in [0.717, 1.165) is 76.7 Å². The molecule has 40 heavy (non-hydrogen) atoms. The van der Waals surface area contributed by atoms with E-state index in [1.807, 2.05) is 54.9 Å². The lowest BCUT2D eigenvalue weighted by atomic mass is 10.0. The lowest BCUT2D eigenvalue weighted by Crippen LogP contribution is -2.03. The molecule has 0 unspecified atom stereocenters. The third-order valence-corrected chi connectivity index (χ3v) is 7.88. The summed E-state index contributed by atoms with van der Waals surface area (Å²) >= 11 is 0. The molecule has 0 radical (unpaired) electrons. The first-order chi connectivity index (χ1) is 19.9. The highest BCUT2D eigenvalue weighted by Gasteiger charge is 2.24. The number of para-hydroxylation sites is 3. The minimum atomic E-state index is 0.628. The fraction of sp³-hybridized carbons (Fsp3) is 0. The zero-order valence-electron chi connectivity index (χ0n) is 21.2. The van der Waals surface area contributed by atoms with E-state index in [2.05, 4.69) is 76.3 Å². The number of nitrogens with zero attached hydrogens (tertiary/aromatic N) is 4. The van der Waals surface area contributed by atoms with Crippen LogP contribution < -0.4 is 0 Å². The zero-order chi connectivity index (χ0) is 26.2. The maximum absolute atomic E-state index is 6.53. The van der Waals surface area contributed by atoms with Gasteiger partial charge in [0.15, 0.2) is 0 Å². The largest absolute Gasteiger partial charge is 0.455 e. The zero-order valence-corrected chi connectivity index (χ0v) is 21.2. The molecule has 0 fully saturated rings. The van der Waals surface area contributed by atoms with Crippen molar-refractivity contribution in [1.82, 2.24) is 19.5 Å². The van der Waals surface area contributed by atoms with E-state index in [-0.39, 0.29) is 0 Å². The number of hydrogen-bond acceptors (Lipinski definition) is 4. The summed E-state index contributed by atoms with van der Waals surface area (Å²) in [5.74, 6) is 0.628. The van der Waals surface area contributed by atoms with Crippen molar-refractivity contribution >= 4 is 65.4 Å². The Balaban J connectivity index is 1.55. The van der Waals surface area contributed by atoms with E-state index in [1.54, 1.807) is 0 Å². The van der Waals surface area contributed by atoms with Crippen molar-refractivity contribution in [2.45, 2.75) is 0 Å². The molecule has 0 atom stereocenters. The number of furan rings is 1. The normalized spacial score (nSPS) is 12.0. The number of rotatable bonds is 2. The lowest BCUT2D eigenvalue weighted by molar-refractivity contribution is 0.672. The van der Waals surface area contributed by atoms with Gasteiger partial charge >= 0.3 is 0 Å². The van der Waals surface area contributed by atoms with Crippen molar-refractivity contribution in [3.8, 4) is 17.2 Å². The average Bonchev–Trinajstić information content (AvgIpc) is 3.58. The average molecular weight is 513 g/mol. The third kappa shape index (κ3) is 2.83. The first-order valence-corrected chi connectivity index (χ1v) is 13.3. The van der Waals surface area contributed by atoms with Crippen molar-refractivity contribution in [2.24, 2.45) is 0 Å². The maximum atomic E-state index is 6.53. The van der Waals surface area contributed by atoms with E-state index < -0.39 is 0 Å². The molecular weight excluding hydrogens is 492 g/mol. The molecule has 0 aliphatic heterocycles. The van der Waals surface area contributed by atoms with Gasteiger partial charge in [0.05, 0.1) is 27.6 Å². The fourth-order valence-electron chi connectivity index (χ4n) is 6.20. The minimum Gasteiger partial charge on any atom is -0.455 e. The van der Waals surface area contributed by atoms with E-state index in [9.17, 15) is 0 Å². The molecule has 0 amide bonds. The van der Waals surface area contributed by atoms with Crippen molar-refractivity contribution < 1.29 is 4.42 Å². The molecule has 0 aliphatic carbocycles. The van der Waals surface area contributed by atoms with Crippen molar-refractivity contribution in [1.29, 1.82) is 0 Å². The monoisotopic (exact) mass is 512 g/mol. The Morgan fingerprint density at radius 1 is 0.575 bits per heavy atom. The standard InChI is InChI=1S/C35H20N4O/c1-2-10-21(11-3-1)32-23-12-4-7-15-27(23)37-35(38-32)39-28-16-8-5-13-24(28)30-22-18-19-36-20-26(22)34-31(33(30)39)25-14-6-9-17-29(25)40-34/h1-20H. The van der Waals surface area contributed by atoms with Gasteiger partial charge < -0.3 is 4.42 Å². The van der Waals surface area contributed by atoms with Crippen LogP contribution in [0.5, 0.6) is 0 Å². The minimum absolute atomic E-state index is 0.628. The van der Waals surface area contributed by atoms with Crippen LogP contribution >= 0.6 is 0 Å². The third-order valence-electron chi connectivity index (χ3n) is 7.88. The molecule has 186 valence electrons. The molecule has 0 aliphatic rings. The number of benzene rings is 5. The summed E-state index contributed by atoms with van der Waals surface area (Å²) in [5.41, 5.74) is 6.61. The topological polar surface area (TPSA) is 56.7 Å². The van der Waals surface area contributed by atoms with Gasteiger partial charge in [-0.15, -0.1) is 0 Å². The van der Waals surface area contributed by atoms with Gasteiger partial charge in [0.25, 0.3) is 0 Å². The SMILES string of the molecule is c1ccc(-c2nc(-n3c4ccccc4c4c5ccncc5c5oc6ccccc6c5c43)nc3ccccc23)cc1. The molecule has 5 heteroatoms. The molecule has 0 saturated heterocycles. The Labute approximate surface area is 228 Å². The van der Waals surface area contributed by atoms with E-state index >= 15 is 0 Å². The highest BCUT2D eigenvalue weighted by Crippen LogP contribution is 2.45. The van der Waals surface area contributed by atoms with Gasteiger partial charge in [-0.3, -0.25) is 9.55 Å². The predicted molar refractivity (Wildman–Crippen MR) is 162 cm³/mol. The number of fused-ring (bicyclic) bond motifs is 11. The van der Waals surface area contributed by atoms with Gasteiger partial charge in [-0.05, 0) is 29.7 Å². The van der Waals surface area contributed by atoms with Crippen LogP contribution in [-0.2, 0) is 0 Å². The Morgan fingerprint density at radius 2 is 1.32 bits per heavy atom. The second-order valence-electron chi connectivity index (χ2n) is 10.1. The molecular formula is C35H20N4O. The predicted octanol–water partition coefficient (Wildman–Crippen LogP) is 8.84. The van der Waals surface area contributed by atoms with Crippen molar-refractivity contribution in [3.05, 3.63) is 122 Å². The highest BCUT2D eigenvalue weighted by molar-refractivity contribution is 6.35. The van der Waals surface area contributed by atoms with Gasteiger partial charge in [-0.25, -0.2) is 9.97 Å². The highest BCUT2D eigenvalue weighted by atomic mass is 16.3. The summed E-state index contributed by atoms with van der Waals surface area (Å²) in [4.78, 5) is 14.9. The Hall–Kier alpha value is -5.55. The molecule has 4 heterocycles. The summed E-state index contributed by atoms with van der Waals surface area (Å²) < 4.78 is 8.75. The first-order valence-electron chi connectivity index (χ1n) is 13.3. The van der Waals surface area contributed by atoms with Crippen LogP contribution in [0.1, 0.15) is 0 Å². The number of hydrogen-bond donors (Lipinski definition) is 0. The molecule has 0 bridgehead atoms. The van der Waals surface area contributed by atoms with Crippen LogP contribution in [0.15, 0.2) is 126 Å². The summed E-state index contributed by atoms with van der Waals surface area (Å²) in [6.45, 7) is 0. The van der Waals surface area contributed by atoms with E-state index in [1.165, 1.54) is 0 Å².